The molecule has 0 aromatic heterocycles. The molecule has 160 valence electrons. The van der Waals surface area contributed by atoms with Gasteiger partial charge in [-0.3, -0.25) is 15.2 Å². The number of carbonyl (C=O) groups excluding carboxylic acids is 1. The Kier molecular flexibility index (Phi) is 6.34. The molecule has 4 rings (SSSR count). The summed E-state index contributed by atoms with van der Waals surface area (Å²) in [4.78, 5) is 19.3. The zero-order valence-corrected chi connectivity index (χ0v) is 18.2. The van der Waals surface area contributed by atoms with Gasteiger partial charge in [0.1, 0.15) is 17.6 Å². The van der Waals surface area contributed by atoms with E-state index in [-0.39, 0.29) is 23.9 Å². The second-order valence-electron chi connectivity index (χ2n) is 8.26. The summed E-state index contributed by atoms with van der Waals surface area (Å²) in [6.45, 7) is 6.30. The Morgan fingerprint density at radius 1 is 1.37 bits per heavy atom. The first-order valence-electron chi connectivity index (χ1n) is 10.5. The second-order valence-corrected chi connectivity index (χ2v) is 9.21. The number of likely N-dealkylation sites (tertiary alicyclic amines) is 1. The minimum absolute atomic E-state index is 0.00443. The van der Waals surface area contributed by atoms with Crippen molar-refractivity contribution in [1.82, 2.24) is 10.6 Å². The van der Waals surface area contributed by atoms with Gasteiger partial charge in [-0.1, -0.05) is 37.7 Å². The molecular weight excluding hydrogens is 400 g/mol. The van der Waals surface area contributed by atoms with E-state index in [2.05, 4.69) is 22.1 Å². The molecule has 0 spiro atoms. The molecule has 3 heterocycles. The molecule has 1 saturated heterocycles. The molecule has 3 aliphatic rings. The molecule has 7 nitrogen and oxygen atoms in total. The van der Waals surface area contributed by atoms with Crippen LogP contribution in [0.4, 0.5) is 4.79 Å². The quantitative estimate of drug-likeness (QED) is 0.575. The molecule has 0 saturated carbocycles. The first kappa shape index (κ1) is 20.8. The highest BCUT2D eigenvalue weighted by molar-refractivity contribution is 8.06. The predicted octanol–water partition coefficient (Wildman–Crippen LogP) is 1.97. The molecule has 1 fully saturated rings. The number of thioether (sulfide) groups is 1. The first-order valence-corrected chi connectivity index (χ1v) is 11.4. The summed E-state index contributed by atoms with van der Waals surface area (Å²) >= 11 is 1.71. The van der Waals surface area contributed by atoms with Crippen LogP contribution in [-0.2, 0) is 4.74 Å². The Labute approximate surface area is 181 Å². The van der Waals surface area contributed by atoms with E-state index < -0.39 is 0 Å². The van der Waals surface area contributed by atoms with Gasteiger partial charge in [0.15, 0.2) is 0 Å². The molecule has 1 atom stereocenters. The number of amides is 1. The number of aliphatic imine (C=N–C) groups is 1. The van der Waals surface area contributed by atoms with Crippen LogP contribution >= 0.6 is 11.8 Å². The number of benzene rings is 1. The van der Waals surface area contributed by atoms with Gasteiger partial charge in [0.25, 0.3) is 0 Å². The molecule has 1 aromatic rings. The maximum absolute atomic E-state index is 12.0. The number of nitrogens with zero attached hydrogens (tertiary/aromatic N) is 1. The molecule has 0 radical (unpaired) electrons. The van der Waals surface area contributed by atoms with Crippen molar-refractivity contribution in [3.05, 3.63) is 52.0 Å². The number of piperidine rings is 1. The number of quaternary nitrogens is 1. The number of phenolic OH excluding ortho intramolecular Hbond substituents is 1. The SMILES string of the molecule is CC(C)COC(=O)NC1CC[NH+](C2=C3SC=CC3N=C(c3ccccc3O)N2)CC1. The lowest BCUT2D eigenvalue weighted by Gasteiger charge is -2.33. The summed E-state index contributed by atoms with van der Waals surface area (Å²) in [7, 11) is 0. The summed E-state index contributed by atoms with van der Waals surface area (Å²) < 4.78 is 5.25. The summed E-state index contributed by atoms with van der Waals surface area (Å²) in [5.41, 5.74) is 0.711. The number of hydrogen-bond donors (Lipinski definition) is 4. The van der Waals surface area contributed by atoms with Gasteiger partial charge in [-0.15, -0.1) is 0 Å². The monoisotopic (exact) mass is 429 g/mol. The van der Waals surface area contributed by atoms with Crippen LogP contribution in [0.15, 0.2) is 51.5 Å². The van der Waals surface area contributed by atoms with Crippen LogP contribution in [0.2, 0.25) is 0 Å². The number of para-hydroxylation sites is 1. The fraction of sp³-hybridized carbons (Fsp3) is 0.455. The molecule has 4 N–H and O–H groups in total. The Bertz CT molecular complexity index is 888. The van der Waals surface area contributed by atoms with E-state index in [1.807, 2.05) is 32.0 Å². The van der Waals surface area contributed by atoms with Crippen molar-refractivity contribution in [3.63, 3.8) is 0 Å². The fourth-order valence-electron chi connectivity index (χ4n) is 3.89. The van der Waals surface area contributed by atoms with Crippen molar-refractivity contribution < 1.29 is 19.5 Å². The van der Waals surface area contributed by atoms with Crippen LogP contribution in [-0.4, -0.2) is 48.8 Å². The van der Waals surface area contributed by atoms with Gasteiger partial charge >= 0.3 is 6.09 Å². The Hall–Kier alpha value is -2.45. The van der Waals surface area contributed by atoms with Crippen LogP contribution in [0, 0.1) is 5.92 Å². The molecular formula is C22H29N4O3S+. The molecule has 0 bridgehead atoms. The number of alkyl carbamates (subject to hydrolysis) is 1. The summed E-state index contributed by atoms with van der Waals surface area (Å²) in [6.07, 6.45) is 3.55. The normalized spacial score (nSPS) is 25.6. The molecule has 30 heavy (non-hydrogen) atoms. The average molecular weight is 430 g/mol. The smallest absolute Gasteiger partial charge is 0.407 e. The number of hydrogen-bond acceptors (Lipinski definition) is 6. The van der Waals surface area contributed by atoms with Gasteiger partial charge < -0.3 is 15.2 Å². The largest absolute Gasteiger partial charge is 0.507 e. The van der Waals surface area contributed by atoms with Crippen molar-refractivity contribution in [2.24, 2.45) is 10.9 Å². The number of ether oxygens (including phenoxy) is 1. The highest BCUT2D eigenvalue weighted by Gasteiger charge is 2.35. The zero-order valence-electron chi connectivity index (χ0n) is 17.4. The minimum Gasteiger partial charge on any atom is -0.507 e. The third kappa shape index (κ3) is 4.65. The third-order valence-electron chi connectivity index (χ3n) is 5.45. The average Bonchev–Trinajstić information content (AvgIpc) is 3.21. The van der Waals surface area contributed by atoms with Crippen molar-refractivity contribution >= 4 is 23.7 Å². The van der Waals surface area contributed by atoms with Crippen molar-refractivity contribution in [2.75, 3.05) is 19.7 Å². The van der Waals surface area contributed by atoms with E-state index in [1.165, 1.54) is 9.81 Å². The lowest BCUT2D eigenvalue weighted by Crippen LogP contribution is -3.13. The number of rotatable bonds is 5. The number of phenols is 1. The van der Waals surface area contributed by atoms with Gasteiger partial charge in [0, 0.05) is 18.9 Å². The highest BCUT2D eigenvalue weighted by Crippen LogP contribution is 2.34. The number of amidine groups is 1. The highest BCUT2D eigenvalue weighted by atomic mass is 32.2. The van der Waals surface area contributed by atoms with E-state index in [9.17, 15) is 9.90 Å². The molecule has 8 heteroatoms. The summed E-state index contributed by atoms with van der Waals surface area (Å²) in [5.74, 6) is 2.38. The Balaban J connectivity index is 1.41. The number of fused-ring (bicyclic) bond motifs is 1. The van der Waals surface area contributed by atoms with Crippen LogP contribution in [0.5, 0.6) is 5.75 Å². The number of aromatic hydroxyl groups is 1. The molecule has 1 amide bonds. The van der Waals surface area contributed by atoms with Gasteiger partial charge in [0.2, 0.25) is 5.82 Å². The third-order valence-corrected chi connectivity index (χ3v) is 6.45. The van der Waals surface area contributed by atoms with Crippen molar-refractivity contribution in [3.8, 4) is 5.75 Å². The first-order chi connectivity index (χ1) is 14.5. The van der Waals surface area contributed by atoms with Crippen LogP contribution in [0.25, 0.3) is 0 Å². The standard InChI is InChI=1S/C22H28N4O3S/c1-14(2)13-29-22(28)23-15-7-10-26(11-8-15)21-19-17(9-12-30-19)24-20(25-21)16-5-3-4-6-18(16)27/h3-6,9,12,14-15,17,27H,7-8,10-11,13H2,1-2H3,(H,23,28)(H,24,25)/p+1. The van der Waals surface area contributed by atoms with Gasteiger partial charge in [-0.2, -0.15) is 0 Å². The lowest BCUT2D eigenvalue weighted by molar-refractivity contribution is -0.869. The maximum atomic E-state index is 12.0. The summed E-state index contributed by atoms with van der Waals surface area (Å²) in [6, 6.07) is 7.41. The Morgan fingerprint density at radius 3 is 2.87 bits per heavy atom. The minimum atomic E-state index is -0.320. The van der Waals surface area contributed by atoms with Gasteiger partial charge in [-0.25, -0.2) is 4.79 Å². The molecule has 1 aromatic carbocycles. The van der Waals surface area contributed by atoms with E-state index in [4.69, 9.17) is 9.73 Å². The van der Waals surface area contributed by atoms with Crippen molar-refractivity contribution in [1.29, 1.82) is 0 Å². The molecule has 1 unspecified atom stereocenters. The van der Waals surface area contributed by atoms with Crippen molar-refractivity contribution in [2.45, 2.75) is 38.8 Å². The van der Waals surface area contributed by atoms with E-state index >= 15 is 0 Å². The number of carbonyl (C=O) groups is 1. The number of nitrogens with one attached hydrogen (secondary N) is 3. The van der Waals surface area contributed by atoms with E-state index in [1.54, 1.807) is 17.8 Å². The van der Waals surface area contributed by atoms with Gasteiger partial charge in [-0.05, 0) is 29.5 Å². The van der Waals surface area contributed by atoms with Crippen LogP contribution in [0.3, 0.4) is 0 Å². The lowest BCUT2D eigenvalue weighted by atomic mass is 10.0. The second kappa shape index (κ2) is 9.14. The molecule has 3 aliphatic heterocycles. The van der Waals surface area contributed by atoms with E-state index in [0.717, 1.165) is 31.8 Å². The van der Waals surface area contributed by atoms with Gasteiger partial charge in [0.05, 0.1) is 30.2 Å². The molecule has 0 aliphatic carbocycles. The van der Waals surface area contributed by atoms with Crippen LogP contribution in [0.1, 0.15) is 32.3 Å². The fourth-order valence-corrected chi connectivity index (χ4v) is 4.85. The van der Waals surface area contributed by atoms with E-state index in [0.29, 0.717) is 23.9 Å². The maximum Gasteiger partial charge on any atom is 0.407 e. The predicted molar refractivity (Wildman–Crippen MR) is 118 cm³/mol. The zero-order chi connectivity index (χ0) is 21.1. The summed E-state index contributed by atoms with van der Waals surface area (Å²) in [5, 5.41) is 18.9. The van der Waals surface area contributed by atoms with Crippen LogP contribution < -0.4 is 15.5 Å². The Morgan fingerprint density at radius 2 is 2.13 bits per heavy atom. The topological polar surface area (TPSA) is 87.4 Å².